The summed E-state index contributed by atoms with van der Waals surface area (Å²) in [4.78, 5) is 38.1. The SMILES string of the molecule is CCCCC/C=C\C/C=C\CCCCCCCCCC(=O)OCC(COC(=O)CCCCCCCCCCCCCCCCC)OC(=O)CCCCCCC/C=C\C/C=C\CCCCCC. The van der Waals surface area contributed by atoms with Crippen molar-refractivity contribution in [1.82, 2.24) is 0 Å². The summed E-state index contributed by atoms with van der Waals surface area (Å²) in [5, 5.41) is 0. The van der Waals surface area contributed by atoms with E-state index in [-0.39, 0.29) is 31.1 Å². The van der Waals surface area contributed by atoms with Gasteiger partial charge in [-0.2, -0.15) is 0 Å². The molecule has 0 aliphatic rings. The second-order valence-electron chi connectivity index (χ2n) is 19.2. The minimum atomic E-state index is -0.781. The topological polar surface area (TPSA) is 78.9 Å². The minimum absolute atomic E-state index is 0.0785. The first-order chi connectivity index (χ1) is 32.5. The molecule has 0 amide bonds. The Morgan fingerprint density at radius 3 is 0.879 bits per heavy atom. The van der Waals surface area contributed by atoms with E-state index >= 15 is 0 Å². The summed E-state index contributed by atoms with van der Waals surface area (Å²) in [6, 6.07) is 0. The molecule has 0 saturated carbocycles. The van der Waals surface area contributed by atoms with Crippen molar-refractivity contribution in [3.05, 3.63) is 48.6 Å². The van der Waals surface area contributed by atoms with E-state index in [0.29, 0.717) is 19.3 Å². The van der Waals surface area contributed by atoms with Crippen LogP contribution in [0.5, 0.6) is 0 Å². The number of hydrogen-bond acceptors (Lipinski definition) is 6. The van der Waals surface area contributed by atoms with Gasteiger partial charge in [0, 0.05) is 19.3 Å². The molecular formula is C60H108O6. The van der Waals surface area contributed by atoms with Gasteiger partial charge in [0.2, 0.25) is 0 Å². The largest absolute Gasteiger partial charge is 0.462 e. The Hall–Kier alpha value is -2.63. The van der Waals surface area contributed by atoms with Crippen molar-refractivity contribution in [3.8, 4) is 0 Å². The normalized spacial score (nSPS) is 12.3. The average molecular weight is 926 g/mol. The summed E-state index contributed by atoms with van der Waals surface area (Å²) < 4.78 is 16.9. The zero-order chi connectivity index (χ0) is 47.9. The lowest BCUT2D eigenvalue weighted by Crippen LogP contribution is -2.30. The first-order valence-corrected chi connectivity index (χ1v) is 28.6. The highest BCUT2D eigenvalue weighted by Gasteiger charge is 2.19. The minimum Gasteiger partial charge on any atom is -0.462 e. The predicted molar refractivity (Wildman–Crippen MR) is 284 cm³/mol. The maximum absolute atomic E-state index is 12.8. The second kappa shape index (κ2) is 55.0. The zero-order valence-corrected chi connectivity index (χ0v) is 44.0. The molecule has 66 heavy (non-hydrogen) atoms. The molecule has 0 N–H and O–H groups in total. The Labute approximate surface area is 409 Å². The third-order valence-electron chi connectivity index (χ3n) is 12.6. The van der Waals surface area contributed by atoms with E-state index in [1.54, 1.807) is 0 Å². The molecule has 0 aromatic rings. The molecule has 0 radical (unpaired) electrons. The number of unbranched alkanes of at least 4 members (excludes halogenated alkanes) is 33. The number of allylic oxidation sites excluding steroid dienone is 8. The molecule has 0 aromatic carbocycles. The van der Waals surface area contributed by atoms with Crippen molar-refractivity contribution in [2.24, 2.45) is 0 Å². The van der Waals surface area contributed by atoms with Crippen LogP contribution >= 0.6 is 0 Å². The van der Waals surface area contributed by atoms with Crippen LogP contribution in [-0.2, 0) is 28.6 Å². The number of esters is 3. The van der Waals surface area contributed by atoms with Gasteiger partial charge in [0.1, 0.15) is 13.2 Å². The van der Waals surface area contributed by atoms with Gasteiger partial charge < -0.3 is 14.2 Å². The summed E-state index contributed by atoms with van der Waals surface area (Å²) in [6.07, 6.45) is 66.6. The summed E-state index contributed by atoms with van der Waals surface area (Å²) >= 11 is 0. The van der Waals surface area contributed by atoms with E-state index in [1.807, 2.05) is 0 Å². The molecule has 0 aliphatic carbocycles. The first kappa shape index (κ1) is 63.4. The van der Waals surface area contributed by atoms with Gasteiger partial charge in [-0.1, -0.05) is 243 Å². The van der Waals surface area contributed by atoms with Gasteiger partial charge in [0.25, 0.3) is 0 Å². The summed E-state index contributed by atoms with van der Waals surface area (Å²) in [5.41, 5.74) is 0. The molecule has 0 fully saturated rings. The predicted octanol–water partition coefficient (Wildman–Crippen LogP) is 19.0. The molecule has 1 unspecified atom stereocenters. The molecule has 0 aromatic heterocycles. The van der Waals surface area contributed by atoms with E-state index < -0.39 is 6.10 Å². The van der Waals surface area contributed by atoms with Crippen LogP contribution < -0.4 is 0 Å². The highest BCUT2D eigenvalue weighted by Crippen LogP contribution is 2.16. The van der Waals surface area contributed by atoms with Crippen molar-refractivity contribution in [2.75, 3.05) is 13.2 Å². The van der Waals surface area contributed by atoms with E-state index in [2.05, 4.69) is 69.4 Å². The average Bonchev–Trinajstić information content (AvgIpc) is 3.31. The molecular weight excluding hydrogens is 817 g/mol. The van der Waals surface area contributed by atoms with Crippen LogP contribution in [0.4, 0.5) is 0 Å². The summed E-state index contributed by atoms with van der Waals surface area (Å²) in [5.74, 6) is -0.886. The molecule has 0 spiro atoms. The molecule has 6 nitrogen and oxygen atoms in total. The van der Waals surface area contributed by atoms with E-state index in [1.165, 1.54) is 161 Å². The van der Waals surface area contributed by atoms with Crippen LogP contribution in [0.2, 0.25) is 0 Å². The number of rotatable bonds is 52. The Balaban J connectivity index is 4.39. The van der Waals surface area contributed by atoms with E-state index in [9.17, 15) is 14.4 Å². The number of ether oxygens (including phenoxy) is 3. The van der Waals surface area contributed by atoms with Gasteiger partial charge in [0.05, 0.1) is 0 Å². The number of carbonyl (C=O) groups excluding carboxylic acids is 3. The zero-order valence-electron chi connectivity index (χ0n) is 44.0. The van der Waals surface area contributed by atoms with Crippen molar-refractivity contribution in [1.29, 1.82) is 0 Å². The van der Waals surface area contributed by atoms with Crippen molar-refractivity contribution in [3.63, 3.8) is 0 Å². The fourth-order valence-electron chi connectivity index (χ4n) is 8.21. The highest BCUT2D eigenvalue weighted by atomic mass is 16.6. The quantitative estimate of drug-likeness (QED) is 0.0262. The maximum Gasteiger partial charge on any atom is 0.306 e. The Kier molecular flexibility index (Phi) is 52.8. The lowest BCUT2D eigenvalue weighted by Gasteiger charge is -2.18. The molecule has 384 valence electrons. The van der Waals surface area contributed by atoms with Crippen LogP contribution in [-0.4, -0.2) is 37.2 Å². The molecule has 6 heteroatoms. The third kappa shape index (κ3) is 52.3. The lowest BCUT2D eigenvalue weighted by molar-refractivity contribution is -0.167. The maximum atomic E-state index is 12.8. The highest BCUT2D eigenvalue weighted by molar-refractivity contribution is 5.71. The van der Waals surface area contributed by atoms with Gasteiger partial charge in [-0.3, -0.25) is 14.4 Å². The van der Waals surface area contributed by atoms with Gasteiger partial charge in [-0.15, -0.1) is 0 Å². The molecule has 1 atom stereocenters. The molecule has 0 aliphatic heterocycles. The van der Waals surface area contributed by atoms with E-state index in [4.69, 9.17) is 14.2 Å². The summed E-state index contributed by atoms with van der Waals surface area (Å²) in [7, 11) is 0. The molecule has 0 rings (SSSR count). The Morgan fingerprint density at radius 2 is 0.545 bits per heavy atom. The van der Waals surface area contributed by atoms with Crippen LogP contribution in [0.3, 0.4) is 0 Å². The van der Waals surface area contributed by atoms with Crippen molar-refractivity contribution < 1.29 is 28.6 Å². The van der Waals surface area contributed by atoms with Crippen LogP contribution in [0, 0.1) is 0 Å². The number of hydrogen-bond donors (Lipinski definition) is 0. The van der Waals surface area contributed by atoms with Gasteiger partial charge >= 0.3 is 17.9 Å². The standard InChI is InChI=1S/C60H108O6/c1-4-7-10-13-16-19-22-25-28-30-33-35-38-41-44-47-50-53-59(62)65-56-57(55-64-58(61)52-49-46-43-40-37-34-31-27-24-21-18-15-12-9-6-3)66-60(63)54-51-48-45-42-39-36-32-29-26-23-20-17-14-11-8-5-2/h16,19-20,23,25,28-29,32,57H,4-15,17-18,21-22,24,26-27,30-31,33-56H2,1-3H3/b19-16-,23-20-,28-25-,32-29-. The van der Waals surface area contributed by atoms with Crippen molar-refractivity contribution in [2.45, 2.75) is 303 Å². The lowest BCUT2D eigenvalue weighted by atomic mass is 10.0. The Morgan fingerprint density at radius 1 is 0.303 bits per heavy atom. The number of carbonyl (C=O) groups is 3. The third-order valence-corrected chi connectivity index (χ3v) is 12.6. The summed E-state index contributed by atoms with van der Waals surface area (Å²) in [6.45, 7) is 6.61. The van der Waals surface area contributed by atoms with Gasteiger partial charge in [-0.25, -0.2) is 0 Å². The molecule has 0 bridgehead atoms. The first-order valence-electron chi connectivity index (χ1n) is 28.6. The van der Waals surface area contributed by atoms with Gasteiger partial charge in [-0.05, 0) is 83.5 Å². The van der Waals surface area contributed by atoms with Crippen molar-refractivity contribution >= 4 is 17.9 Å². The van der Waals surface area contributed by atoms with Gasteiger partial charge in [0.15, 0.2) is 6.10 Å². The Bertz CT molecular complexity index is 1150. The molecule has 0 heterocycles. The smallest absolute Gasteiger partial charge is 0.306 e. The fourth-order valence-corrected chi connectivity index (χ4v) is 8.21. The van der Waals surface area contributed by atoms with Crippen LogP contribution in [0.15, 0.2) is 48.6 Å². The van der Waals surface area contributed by atoms with E-state index in [0.717, 1.165) is 96.3 Å². The van der Waals surface area contributed by atoms with Crippen LogP contribution in [0.25, 0.3) is 0 Å². The fraction of sp³-hybridized carbons (Fsp3) is 0.817. The monoisotopic (exact) mass is 925 g/mol. The second-order valence-corrected chi connectivity index (χ2v) is 19.2. The molecule has 0 saturated heterocycles. The van der Waals surface area contributed by atoms with Crippen LogP contribution in [0.1, 0.15) is 297 Å².